The van der Waals surface area contributed by atoms with Gasteiger partial charge in [-0.15, -0.1) is 0 Å². The van der Waals surface area contributed by atoms with Crippen LogP contribution in [0.15, 0.2) is 30.3 Å². The Morgan fingerprint density at radius 1 is 1.18 bits per heavy atom. The number of nitrogens with one attached hydrogen (secondary N) is 1. The molecule has 1 aromatic carbocycles. The second-order valence-corrected chi connectivity index (χ2v) is 6.78. The van der Waals surface area contributed by atoms with E-state index in [0.29, 0.717) is 5.92 Å². The molecule has 1 saturated carbocycles. The van der Waals surface area contributed by atoms with E-state index in [1.165, 1.54) is 24.8 Å². The Kier molecular flexibility index (Phi) is 6.48. The van der Waals surface area contributed by atoms with E-state index >= 15 is 0 Å². The fourth-order valence-electron chi connectivity index (χ4n) is 3.73. The van der Waals surface area contributed by atoms with Crippen molar-refractivity contribution in [3.05, 3.63) is 35.9 Å². The largest absolute Gasteiger partial charge is 0.355 e. The van der Waals surface area contributed by atoms with Crippen LogP contribution in [0, 0.1) is 5.92 Å². The maximum absolute atomic E-state index is 13.0. The van der Waals surface area contributed by atoms with Crippen LogP contribution in [0.4, 0.5) is 0 Å². The Bertz CT molecular complexity index is 448. The zero-order chi connectivity index (χ0) is 15.8. The van der Waals surface area contributed by atoms with Crippen LogP contribution in [-0.2, 0) is 10.2 Å². The summed E-state index contributed by atoms with van der Waals surface area (Å²) in [4.78, 5) is 13.0. The Morgan fingerprint density at radius 3 is 2.45 bits per heavy atom. The van der Waals surface area contributed by atoms with Crippen molar-refractivity contribution in [2.75, 3.05) is 6.54 Å². The van der Waals surface area contributed by atoms with Gasteiger partial charge in [0.1, 0.15) is 0 Å². The summed E-state index contributed by atoms with van der Waals surface area (Å²) in [5.41, 5.74) is 0.927. The smallest absolute Gasteiger partial charge is 0.230 e. The third-order valence-electron chi connectivity index (χ3n) is 5.31. The Labute approximate surface area is 135 Å². The molecule has 0 spiro atoms. The number of hydrogen-bond donors (Lipinski definition) is 1. The SMILES string of the molecule is CCCC[C@@H](CC)CNC(=O)C1(c2ccccc2)CCCC1. The molecule has 1 aromatic rings. The van der Waals surface area contributed by atoms with Gasteiger partial charge in [0.2, 0.25) is 5.91 Å². The molecule has 2 nitrogen and oxygen atoms in total. The van der Waals surface area contributed by atoms with Gasteiger partial charge in [0.05, 0.1) is 5.41 Å². The lowest BCUT2D eigenvalue weighted by Gasteiger charge is -2.29. The van der Waals surface area contributed by atoms with Crippen LogP contribution in [0.25, 0.3) is 0 Å². The summed E-state index contributed by atoms with van der Waals surface area (Å²) in [6.45, 7) is 5.30. The van der Waals surface area contributed by atoms with Crippen molar-refractivity contribution in [1.82, 2.24) is 5.32 Å². The van der Waals surface area contributed by atoms with E-state index in [2.05, 4.69) is 43.4 Å². The average Bonchev–Trinajstić information content (AvgIpc) is 3.06. The molecule has 2 heteroatoms. The average molecular weight is 301 g/mol. The maximum Gasteiger partial charge on any atom is 0.230 e. The lowest BCUT2D eigenvalue weighted by Crippen LogP contribution is -2.44. The molecule has 1 aliphatic carbocycles. The molecule has 2 rings (SSSR count). The normalized spacial score (nSPS) is 18.1. The summed E-state index contributed by atoms with van der Waals surface area (Å²) in [5, 5.41) is 3.28. The first-order valence-electron chi connectivity index (χ1n) is 9.06. The number of amides is 1. The lowest BCUT2D eigenvalue weighted by molar-refractivity contribution is -0.126. The highest BCUT2D eigenvalue weighted by atomic mass is 16.2. The van der Waals surface area contributed by atoms with Crippen LogP contribution in [0.3, 0.4) is 0 Å². The first kappa shape index (κ1) is 17.1. The third kappa shape index (κ3) is 3.91. The third-order valence-corrected chi connectivity index (χ3v) is 5.31. The minimum absolute atomic E-state index is 0.256. The second kappa shape index (κ2) is 8.36. The molecule has 0 unspecified atom stereocenters. The van der Waals surface area contributed by atoms with Crippen molar-refractivity contribution in [2.24, 2.45) is 5.92 Å². The molecule has 122 valence electrons. The summed E-state index contributed by atoms with van der Waals surface area (Å²) in [6, 6.07) is 10.4. The lowest BCUT2D eigenvalue weighted by atomic mass is 9.78. The molecule has 0 bridgehead atoms. The molecule has 22 heavy (non-hydrogen) atoms. The molecule has 0 aromatic heterocycles. The Balaban J connectivity index is 2.02. The van der Waals surface area contributed by atoms with E-state index in [1.54, 1.807) is 0 Å². The molecular weight excluding hydrogens is 270 g/mol. The number of carbonyl (C=O) groups is 1. The first-order valence-corrected chi connectivity index (χ1v) is 9.06. The number of benzene rings is 1. The molecule has 1 aliphatic rings. The van der Waals surface area contributed by atoms with Crippen LogP contribution in [-0.4, -0.2) is 12.5 Å². The van der Waals surface area contributed by atoms with Crippen LogP contribution in [0.5, 0.6) is 0 Å². The van der Waals surface area contributed by atoms with Gasteiger partial charge in [0.15, 0.2) is 0 Å². The van der Waals surface area contributed by atoms with Crippen molar-refractivity contribution < 1.29 is 4.79 Å². The number of rotatable bonds is 8. The van der Waals surface area contributed by atoms with Crippen molar-refractivity contribution in [1.29, 1.82) is 0 Å². The van der Waals surface area contributed by atoms with Crippen LogP contribution in [0.1, 0.15) is 70.8 Å². The first-order chi connectivity index (χ1) is 10.7. The Hall–Kier alpha value is -1.31. The van der Waals surface area contributed by atoms with Gasteiger partial charge < -0.3 is 5.32 Å². The van der Waals surface area contributed by atoms with Crippen LogP contribution in [0.2, 0.25) is 0 Å². The van der Waals surface area contributed by atoms with Gasteiger partial charge in [-0.3, -0.25) is 4.79 Å². The van der Waals surface area contributed by atoms with Gasteiger partial charge in [0, 0.05) is 6.54 Å². The predicted molar refractivity (Wildman–Crippen MR) is 92.9 cm³/mol. The molecule has 1 atom stereocenters. The summed E-state index contributed by atoms with van der Waals surface area (Å²) in [6.07, 6.45) is 9.19. The van der Waals surface area contributed by atoms with Gasteiger partial charge in [-0.05, 0) is 30.7 Å². The summed E-state index contributed by atoms with van der Waals surface area (Å²) in [7, 11) is 0. The fraction of sp³-hybridized carbons (Fsp3) is 0.650. The highest BCUT2D eigenvalue weighted by Crippen LogP contribution is 2.41. The van der Waals surface area contributed by atoms with Gasteiger partial charge in [-0.2, -0.15) is 0 Å². The molecule has 1 amide bonds. The highest BCUT2D eigenvalue weighted by Gasteiger charge is 2.42. The molecular formula is C20H31NO. The molecule has 1 N–H and O–H groups in total. The van der Waals surface area contributed by atoms with E-state index in [1.807, 2.05) is 6.07 Å². The van der Waals surface area contributed by atoms with Crippen LogP contribution >= 0.6 is 0 Å². The number of hydrogen-bond acceptors (Lipinski definition) is 1. The molecule has 0 heterocycles. The van der Waals surface area contributed by atoms with Crippen LogP contribution < -0.4 is 5.32 Å². The maximum atomic E-state index is 13.0. The fourth-order valence-corrected chi connectivity index (χ4v) is 3.73. The van der Waals surface area contributed by atoms with Crippen molar-refractivity contribution in [2.45, 2.75) is 70.6 Å². The second-order valence-electron chi connectivity index (χ2n) is 6.78. The van der Waals surface area contributed by atoms with Crippen molar-refractivity contribution in [3.63, 3.8) is 0 Å². The van der Waals surface area contributed by atoms with Gasteiger partial charge in [0.25, 0.3) is 0 Å². The molecule has 0 radical (unpaired) electrons. The predicted octanol–water partition coefficient (Wildman–Crippen LogP) is 4.83. The quantitative estimate of drug-likeness (QED) is 0.732. The van der Waals surface area contributed by atoms with E-state index in [-0.39, 0.29) is 11.3 Å². The van der Waals surface area contributed by atoms with E-state index in [4.69, 9.17) is 0 Å². The number of carbonyl (C=O) groups excluding carboxylic acids is 1. The topological polar surface area (TPSA) is 29.1 Å². The monoisotopic (exact) mass is 301 g/mol. The zero-order valence-corrected chi connectivity index (χ0v) is 14.2. The van der Waals surface area contributed by atoms with E-state index in [0.717, 1.165) is 38.6 Å². The minimum atomic E-state index is -0.274. The summed E-state index contributed by atoms with van der Waals surface area (Å²) in [5.74, 6) is 0.879. The van der Waals surface area contributed by atoms with Gasteiger partial charge >= 0.3 is 0 Å². The van der Waals surface area contributed by atoms with Gasteiger partial charge in [-0.1, -0.05) is 76.3 Å². The summed E-state index contributed by atoms with van der Waals surface area (Å²) >= 11 is 0. The number of unbranched alkanes of at least 4 members (excludes halogenated alkanes) is 1. The highest BCUT2D eigenvalue weighted by molar-refractivity contribution is 5.88. The van der Waals surface area contributed by atoms with Gasteiger partial charge in [-0.25, -0.2) is 0 Å². The minimum Gasteiger partial charge on any atom is -0.355 e. The van der Waals surface area contributed by atoms with Crippen molar-refractivity contribution in [3.8, 4) is 0 Å². The zero-order valence-electron chi connectivity index (χ0n) is 14.2. The molecule has 0 aliphatic heterocycles. The summed E-state index contributed by atoms with van der Waals surface area (Å²) < 4.78 is 0. The Morgan fingerprint density at radius 2 is 1.86 bits per heavy atom. The van der Waals surface area contributed by atoms with E-state index in [9.17, 15) is 4.79 Å². The van der Waals surface area contributed by atoms with Crippen molar-refractivity contribution >= 4 is 5.91 Å². The molecule has 1 fully saturated rings. The van der Waals surface area contributed by atoms with E-state index < -0.39 is 0 Å². The molecule has 0 saturated heterocycles. The standard InChI is InChI=1S/C20H31NO/c1-3-5-11-17(4-2)16-21-19(22)20(14-9-10-15-20)18-12-7-6-8-13-18/h6-8,12-13,17H,3-5,9-11,14-16H2,1-2H3,(H,21,22)/t17-/m1/s1.